The van der Waals surface area contributed by atoms with Gasteiger partial charge in [-0.15, -0.1) is 0 Å². The highest BCUT2D eigenvalue weighted by molar-refractivity contribution is 5.77. The van der Waals surface area contributed by atoms with Gasteiger partial charge in [-0.1, -0.05) is 0 Å². The third-order valence-corrected chi connectivity index (χ3v) is 3.78. The van der Waals surface area contributed by atoms with Crippen LogP contribution in [0.4, 0.5) is 4.79 Å². The topological polar surface area (TPSA) is 60.2 Å². The number of likely N-dealkylation sites (tertiary alicyclic amines) is 1. The van der Waals surface area contributed by atoms with E-state index in [1.54, 1.807) is 11.8 Å². The molecule has 0 aromatic heterocycles. The third kappa shape index (κ3) is 4.90. The molecule has 1 aliphatic rings. The molecule has 1 saturated heterocycles. The summed E-state index contributed by atoms with van der Waals surface area (Å²) in [5.74, 6) is -0.248. The van der Waals surface area contributed by atoms with Crippen LogP contribution >= 0.6 is 0 Å². The number of hydrogen-bond acceptors (Lipinski definition) is 4. The maximum absolute atomic E-state index is 12.3. The highest BCUT2D eigenvalue weighted by atomic mass is 16.6. The Morgan fingerprint density at radius 2 is 1.86 bits per heavy atom. The lowest BCUT2D eigenvalue weighted by atomic mass is 9.75. The summed E-state index contributed by atoms with van der Waals surface area (Å²) < 4.78 is 10.5. The van der Waals surface area contributed by atoms with Crippen molar-refractivity contribution in [2.75, 3.05) is 26.2 Å². The van der Waals surface area contributed by atoms with Crippen molar-refractivity contribution in [1.29, 1.82) is 0 Å². The van der Waals surface area contributed by atoms with Gasteiger partial charge in [-0.3, -0.25) is 4.79 Å². The van der Waals surface area contributed by atoms with Gasteiger partial charge in [-0.25, -0.2) is 11.4 Å². The van der Waals surface area contributed by atoms with Crippen LogP contribution in [0.1, 0.15) is 47.0 Å². The minimum absolute atomic E-state index is 0.248. The molecule has 0 unspecified atom stereocenters. The van der Waals surface area contributed by atoms with E-state index in [-0.39, 0.29) is 12.1 Å². The molecule has 1 heterocycles. The van der Waals surface area contributed by atoms with Crippen molar-refractivity contribution >= 4 is 12.1 Å². The van der Waals surface area contributed by atoms with Crippen molar-refractivity contribution in [3.63, 3.8) is 0 Å². The number of hydrogen-bond donors (Lipinski definition) is 0. The molecule has 0 aromatic carbocycles. The number of carbonyl (C=O) groups is 2. The highest BCUT2D eigenvalue weighted by Crippen LogP contribution is 2.37. The molecule has 0 saturated carbocycles. The molecule has 0 N–H and O–H groups in total. The first kappa shape index (κ1) is 18.3. The molecule has 1 rings (SSSR count). The molecule has 1 aliphatic heterocycles. The Morgan fingerprint density at radius 3 is 2.32 bits per heavy atom. The predicted octanol–water partition coefficient (Wildman–Crippen LogP) is 2.88. The summed E-state index contributed by atoms with van der Waals surface area (Å²) in [7, 11) is 0. The van der Waals surface area contributed by atoms with Crippen molar-refractivity contribution in [1.82, 2.24) is 4.90 Å². The molecule has 1 amide bonds. The van der Waals surface area contributed by atoms with Gasteiger partial charge in [-0.2, -0.15) is 0 Å². The summed E-state index contributed by atoms with van der Waals surface area (Å²) in [6, 6.07) is 0. The zero-order valence-electron chi connectivity index (χ0n) is 14.0. The van der Waals surface area contributed by atoms with Gasteiger partial charge >= 0.3 is 12.1 Å². The Morgan fingerprint density at radius 1 is 1.27 bits per heavy atom. The van der Waals surface area contributed by atoms with Gasteiger partial charge in [0.25, 0.3) is 0 Å². The molecule has 0 aliphatic carbocycles. The van der Waals surface area contributed by atoms with Crippen LogP contribution in [0.25, 0.3) is 4.85 Å². The maximum Gasteiger partial charge on any atom is 0.410 e. The summed E-state index contributed by atoms with van der Waals surface area (Å²) in [5, 5.41) is 0. The molecule has 1 fully saturated rings. The average Bonchev–Trinajstić information content (AvgIpc) is 2.44. The molecular weight excluding hydrogens is 284 g/mol. The maximum atomic E-state index is 12.3. The number of amides is 1. The van der Waals surface area contributed by atoms with Gasteiger partial charge in [0.05, 0.1) is 12.0 Å². The minimum Gasteiger partial charge on any atom is -0.466 e. The average molecular weight is 310 g/mol. The normalized spacial score (nSPS) is 17.5. The van der Waals surface area contributed by atoms with Gasteiger partial charge in [0.1, 0.15) is 5.60 Å². The van der Waals surface area contributed by atoms with E-state index in [1.165, 1.54) is 0 Å². The van der Waals surface area contributed by atoms with Crippen LogP contribution in [0.15, 0.2) is 0 Å². The summed E-state index contributed by atoms with van der Waals surface area (Å²) in [6.45, 7) is 15.7. The molecule has 124 valence electrons. The Kier molecular flexibility index (Phi) is 6.21. The Balaban J connectivity index is 2.70. The fourth-order valence-corrected chi connectivity index (χ4v) is 2.55. The second kappa shape index (κ2) is 7.48. The predicted molar refractivity (Wildman–Crippen MR) is 82.2 cm³/mol. The lowest BCUT2D eigenvalue weighted by Crippen LogP contribution is -2.48. The van der Waals surface area contributed by atoms with Gasteiger partial charge < -0.3 is 19.2 Å². The quantitative estimate of drug-likeness (QED) is 0.592. The number of nitrogens with zero attached hydrogens (tertiary/aromatic N) is 2. The van der Waals surface area contributed by atoms with Crippen LogP contribution in [0.2, 0.25) is 0 Å². The van der Waals surface area contributed by atoms with Gasteiger partial charge in [-0.05, 0) is 40.5 Å². The summed E-state index contributed by atoms with van der Waals surface area (Å²) >= 11 is 0. The first-order valence-electron chi connectivity index (χ1n) is 7.72. The molecule has 0 bridgehead atoms. The van der Waals surface area contributed by atoms with Gasteiger partial charge in [0.15, 0.2) is 0 Å². The first-order chi connectivity index (χ1) is 10.2. The summed E-state index contributed by atoms with van der Waals surface area (Å²) in [5.41, 5.74) is -1.17. The fourth-order valence-electron chi connectivity index (χ4n) is 2.55. The van der Waals surface area contributed by atoms with E-state index in [0.717, 1.165) is 0 Å². The monoisotopic (exact) mass is 310 g/mol. The number of ether oxygens (including phenoxy) is 2. The molecule has 0 atom stereocenters. The summed E-state index contributed by atoms with van der Waals surface area (Å²) in [4.78, 5) is 29.3. The minimum atomic E-state index is -0.640. The van der Waals surface area contributed by atoms with E-state index in [4.69, 9.17) is 16.0 Å². The SMILES string of the molecule is [C-]#[N+]CCC1(C(=O)OCC)CCN(C(=O)OC(C)(C)C)CC1. The van der Waals surface area contributed by atoms with Crippen molar-refractivity contribution in [2.45, 2.75) is 52.6 Å². The Hall–Kier alpha value is -1.77. The van der Waals surface area contributed by atoms with Crippen LogP contribution in [0, 0.1) is 12.0 Å². The molecule has 22 heavy (non-hydrogen) atoms. The van der Waals surface area contributed by atoms with E-state index in [9.17, 15) is 9.59 Å². The molecule has 0 aromatic rings. The van der Waals surface area contributed by atoms with E-state index in [1.807, 2.05) is 20.8 Å². The molecule has 6 heteroatoms. The molecule has 0 spiro atoms. The molecular formula is C16H26N2O4. The lowest BCUT2D eigenvalue weighted by molar-refractivity contribution is -0.158. The van der Waals surface area contributed by atoms with Crippen molar-refractivity contribution in [2.24, 2.45) is 5.41 Å². The fraction of sp³-hybridized carbons (Fsp3) is 0.812. The van der Waals surface area contributed by atoms with E-state index >= 15 is 0 Å². The number of rotatable bonds is 4. The van der Waals surface area contributed by atoms with Crippen LogP contribution in [-0.4, -0.2) is 48.8 Å². The van der Waals surface area contributed by atoms with Crippen molar-refractivity contribution in [3.8, 4) is 0 Å². The Bertz CT molecular complexity index is 440. The molecule has 6 nitrogen and oxygen atoms in total. The van der Waals surface area contributed by atoms with E-state index in [0.29, 0.717) is 45.5 Å². The van der Waals surface area contributed by atoms with Crippen molar-refractivity contribution in [3.05, 3.63) is 11.4 Å². The Labute approximate surface area is 132 Å². The zero-order valence-corrected chi connectivity index (χ0v) is 14.0. The van der Waals surface area contributed by atoms with Crippen LogP contribution in [0.3, 0.4) is 0 Å². The standard InChI is InChI=1S/C16H26N2O4/c1-6-21-13(19)16(7-10-17-5)8-11-18(12-9-16)14(20)22-15(2,3)4/h6-12H2,1-4H3. The van der Waals surface area contributed by atoms with Crippen LogP contribution < -0.4 is 0 Å². The van der Waals surface area contributed by atoms with E-state index in [2.05, 4.69) is 4.85 Å². The number of esters is 1. The first-order valence-corrected chi connectivity index (χ1v) is 7.72. The third-order valence-electron chi connectivity index (χ3n) is 3.78. The second-order valence-electron chi connectivity index (χ2n) is 6.60. The van der Waals surface area contributed by atoms with Crippen LogP contribution in [0.5, 0.6) is 0 Å². The summed E-state index contributed by atoms with van der Waals surface area (Å²) in [6.07, 6.45) is 1.16. The number of piperidine rings is 1. The van der Waals surface area contributed by atoms with Crippen molar-refractivity contribution < 1.29 is 19.1 Å². The largest absolute Gasteiger partial charge is 0.466 e. The lowest BCUT2D eigenvalue weighted by Gasteiger charge is -2.39. The molecule has 0 radical (unpaired) electrons. The zero-order chi connectivity index (χ0) is 16.8. The number of carbonyl (C=O) groups excluding carboxylic acids is 2. The van der Waals surface area contributed by atoms with E-state index < -0.39 is 11.0 Å². The second-order valence-corrected chi connectivity index (χ2v) is 6.60. The smallest absolute Gasteiger partial charge is 0.410 e. The van der Waals surface area contributed by atoms with Gasteiger partial charge in [0, 0.05) is 19.5 Å². The van der Waals surface area contributed by atoms with Gasteiger partial charge in [0.2, 0.25) is 6.54 Å². The van der Waals surface area contributed by atoms with Crippen LogP contribution in [-0.2, 0) is 14.3 Å². The highest BCUT2D eigenvalue weighted by Gasteiger charge is 2.44.